The molecule has 0 spiro atoms. The lowest BCUT2D eigenvalue weighted by atomic mass is 9.81. The van der Waals surface area contributed by atoms with Gasteiger partial charge in [0.25, 0.3) is 0 Å². The molecule has 62 heavy (non-hydrogen) atoms. The van der Waals surface area contributed by atoms with Crippen LogP contribution in [-0.2, 0) is 24.0 Å². The van der Waals surface area contributed by atoms with Crippen molar-refractivity contribution in [3.05, 3.63) is 262 Å². The van der Waals surface area contributed by atoms with Crippen molar-refractivity contribution in [2.45, 2.75) is 24.0 Å². The van der Waals surface area contributed by atoms with Crippen LogP contribution in [0.4, 0.5) is 0 Å². The predicted octanol–water partition coefficient (Wildman–Crippen LogP) is 13.7. The van der Waals surface area contributed by atoms with E-state index in [9.17, 15) is 4.79 Å². The summed E-state index contributed by atoms with van der Waals surface area (Å²) in [7, 11) is 0. The summed E-state index contributed by atoms with van der Waals surface area (Å²) in [6.45, 7) is 0. The summed E-state index contributed by atoms with van der Waals surface area (Å²) in [6.07, 6.45) is 10.5. The third kappa shape index (κ3) is 5.55. The maximum absolute atomic E-state index is 14.0. The smallest absolute Gasteiger partial charge is 0.195 e. The number of carbonyl (C=O) groups excluding carboxylic acids is 1. The van der Waals surface area contributed by atoms with Crippen molar-refractivity contribution in [2.24, 2.45) is 0 Å². The standard InChI is InChI=1S/C59H40O3/c60-56-50-21-11-9-19-48(50)54-49-20-10-12-22-51(49)57-52(55(54)56)36-38-59(62-57,43-16-5-2-6-17-43)45-32-27-40(28-33-45)24-23-39-25-30-44(31-26-39)58(42-14-3-1-4-15-42)37-35-47-46-18-8-7-13-41(46)29-34-53(47)61-58/h1-22,25-38H,23-24H2. The van der Waals surface area contributed by atoms with Crippen LogP contribution in [0.15, 0.2) is 206 Å². The van der Waals surface area contributed by atoms with Crippen LogP contribution < -0.4 is 9.47 Å². The Kier molecular flexibility index (Phi) is 8.26. The van der Waals surface area contributed by atoms with Crippen molar-refractivity contribution in [2.75, 3.05) is 0 Å². The van der Waals surface area contributed by atoms with Gasteiger partial charge in [0.05, 0.1) is 0 Å². The van der Waals surface area contributed by atoms with Crippen molar-refractivity contribution in [3.63, 3.8) is 0 Å². The molecular formula is C59H40O3. The van der Waals surface area contributed by atoms with E-state index >= 15 is 0 Å². The Hall–Kier alpha value is -7.75. The molecule has 9 aromatic rings. The minimum Gasteiger partial charge on any atom is -0.473 e. The number of aryl methyl sites for hydroxylation is 2. The molecule has 0 radical (unpaired) electrons. The van der Waals surface area contributed by atoms with Crippen molar-refractivity contribution < 1.29 is 14.3 Å². The van der Waals surface area contributed by atoms with Gasteiger partial charge in [0, 0.05) is 55.5 Å². The number of fused-ring (bicyclic) bond motifs is 11. The zero-order valence-corrected chi connectivity index (χ0v) is 33.9. The third-order valence-electron chi connectivity index (χ3n) is 13.2. The van der Waals surface area contributed by atoms with Gasteiger partial charge in [0.2, 0.25) is 0 Å². The number of hydrogen-bond acceptors (Lipinski definition) is 3. The summed E-state index contributed by atoms with van der Waals surface area (Å²) in [5.41, 5.74) is 10.5. The molecule has 0 N–H and O–H groups in total. The Morgan fingerprint density at radius 3 is 1.53 bits per heavy atom. The summed E-state index contributed by atoms with van der Waals surface area (Å²) in [5.74, 6) is 1.67. The maximum atomic E-state index is 14.0. The molecule has 1 aliphatic carbocycles. The second-order valence-corrected chi connectivity index (χ2v) is 16.6. The number of rotatable bonds is 7. The molecule has 0 saturated carbocycles. The van der Waals surface area contributed by atoms with E-state index in [0.717, 1.165) is 90.7 Å². The number of carbonyl (C=O) groups is 1. The average molecular weight is 797 g/mol. The Balaban J connectivity index is 0.844. The molecule has 2 aliphatic heterocycles. The molecule has 3 aliphatic rings. The molecule has 0 aromatic heterocycles. The highest BCUT2D eigenvalue weighted by Crippen LogP contribution is 2.52. The largest absolute Gasteiger partial charge is 0.473 e. The second-order valence-electron chi connectivity index (χ2n) is 16.6. The zero-order valence-electron chi connectivity index (χ0n) is 33.9. The summed E-state index contributed by atoms with van der Waals surface area (Å²) in [5, 5.41) is 4.42. The first-order chi connectivity index (χ1) is 30.6. The van der Waals surface area contributed by atoms with E-state index in [2.05, 4.69) is 188 Å². The van der Waals surface area contributed by atoms with Gasteiger partial charge in [-0.2, -0.15) is 0 Å². The molecule has 0 saturated heterocycles. The Morgan fingerprint density at radius 1 is 0.387 bits per heavy atom. The highest BCUT2D eigenvalue weighted by atomic mass is 16.5. The molecule has 2 heterocycles. The normalized spacial score (nSPS) is 18.1. The molecule has 3 nitrogen and oxygen atoms in total. The van der Waals surface area contributed by atoms with E-state index in [0.29, 0.717) is 0 Å². The van der Waals surface area contributed by atoms with E-state index in [1.165, 1.54) is 21.9 Å². The monoisotopic (exact) mass is 796 g/mol. The highest BCUT2D eigenvalue weighted by molar-refractivity contribution is 6.28. The Bertz CT molecular complexity index is 3290. The van der Waals surface area contributed by atoms with Crippen LogP contribution in [0, 0.1) is 0 Å². The van der Waals surface area contributed by atoms with Crippen LogP contribution in [0.5, 0.6) is 11.5 Å². The second kappa shape index (κ2) is 14.2. The number of ketones is 1. The average Bonchev–Trinajstić information content (AvgIpc) is 3.65. The highest BCUT2D eigenvalue weighted by Gasteiger charge is 2.42. The Labute approximate surface area is 360 Å². The fourth-order valence-corrected chi connectivity index (χ4v) is 10.0. The van der Waals surface area contributed by atoms with Crippen molar-refractivity contribution in [3.8, 4) is 22.6 Å². The van der Waals surface area contributed by atoms with E-state index in [1.54, 1.807) is 0 Å². The molecule has 0 amide bonds. The summed E-state index contributed by atoms with van der Waals surface area (Å²) in [4.78, 5) is 14.0. The minimum atomic E-state index is -0.897. The quantitative estimate of drug-likeness (QED) is 0.161. The topological polar surface area (TPSA) is 35.5 Å². The first kappa shape index (κ1) is 36.1. The first-order valence-corrected chi connectivity index (χ1v) is 21.4. The third-order valence-corrected chi connectivity index (χ3v) is 13.2. The van der Waals surface area contributed by atoms with E-state index < -0.39 is 11.2 Å². The summed E-state index contributed by atoms with van der Waals surface area (Å²) in [6, 6.07) is 67.7. The Morgan fingerprint density at radius 2 is 0.887 bits per heavy atom. The lowest BCUT2D eigenvalue weighted by Crippen LogP contribution is -2.34. The van der Waals surface area contributed by atoms with Crippen molar-refractivity contribution in [1.82, 2.24) is 0 Å². The van der Waals surface area contributed by atoms with Crippen LogP contribution >= 0.6 is 0 Å². The van der Waals surface area contributed by atoms with Crippen LogP contribution in [-0.4, -0.2) is 5.78 Å². The lowest BCUT2D eigenvalue weighted by molar-refractivity contribution is 0.104. The van der Waals surface area contributed by atoms with Gasteiger partial charge in [-0.3, -0.25) is 4.79 Å². The van der Waals surface area contributed by atoms with Crippen LogP contribution in [0.25, 0.3) is 44.8 Å². The van der Waals surface area contributed by atoms with E-state index in [-0.39, 0.29) is 5.78 Å². The zero-order chi connectivity index (χ0) is 41.3. The van der Waals surface area contributed by atoms with Crippen LogP contribution in [0.2, 0.25) is 0 Å². The number of ether oxygens (including phenoxy) is 2. The molecule has 12 rings (SSSR count). The lowest BCUT2D eigenvalue weighted by Gasteiger charge is -2.37. The molecule has 0 fully saturated rings. The molecule has 0 bridgehead atoms. The van der Waals surface area contributed by atoms with Crippen molar-refractivity contribution in [1.29, 1.82) is 0 Å². The molecule has 2 unspecified atom stereocenters. The van der Waals surface area contributed by atoms with Gasteiger partial charge in [-0.05, 0) is 76.1 Å². The van der Waals surface area contributed by atoms with Gasteiger partial charge >= 0.3 is 0 Å². The summed E-state index contributed by atoms with van der Waals surface area (Å²) < 4.78 is 14.4. The van der Waals surface area contributed by atoms with Gasteiger partial charge in [-0.15, -0.1) is 0 Å². The number of benzene rings is 9. The van der Waals surface area contributed by atoms with Crippen LogP contribution in [0.1, 0.15) is 60.4 Å². The molecule has 2 atom stereocenters. The van der Waals surface area contributed by atoms with Gasteiger partial charge in [0.1, 0.15) is 11.5 Å². The van der Waals surface area contributed by atoms with Gasteiger partial charge in [-0.1, -0.05) is 188 Å². The fourth-order valence-electron chi connectivity index (χ4n) is 10.0. The van der Waals surface area contributed by atoms with Gasteiger partial charge in [-0.25, -0.2) is 0 Å². The predicted molar refractivity (Wildman–Crippen MR) is 251 cm³/mol. The fraction of sp³-hybridized carbons (Fsp3) is 0.0678. The van der Waals surface area contributed by atoms with E-state index in [1.807, 2.05) is 30.3 Å². The molecular weight excluding hydrogens is 757 g/mol. The first-order valence-electron chi connectivity index (χ1n) is 21.4. The van der Waals surface area contributed by atoms with Gasteiger partial charge in [0.15, 0.2) is 17.0 Å². The van der Waals surface area contributed by atoms with Gasteiger partial charge < -0.3 is 9.47 Å². The molecule has 3 heteroatoms. The van der Waals surface area contributed by atoms with Crippen LogP contribution in [0.3, 0.4) is 0 Å². The summed E-state index contributed by atoms with van der Waals surface area (Å²) >= 11 is 0. The maximum Gasteiger partial charge on any atom is 0.195 e. The van der Waals surface area contributed by atoms with Crippen molar-refractivity contribution >= 4 is 39.5 Å². The minimum absolute atomic E-state index is 0.0477. The number of hydrogen-bond donors (Lipinski definition) is 0. The molecule has 9 aromatic carbocycles. The SMILES string of the molecule is O=C1c2ccccc2-c2c1c1c(c3ccccc23)OC(c2ccccc2)(c2ccc(CCc3ccc(C4(c5ccccc5)C=Cc5c(ccc6ccccc56)O4)cc3)cc2)C=C1. The molecule has 294 valence electrons. The van der Waals surface area contributed by atoms with E-state index in [4.69, 9.17) is 9.47 Å².